The van der Waals surface area contributed by atoms with E-state index in [4.69, 9.17) is 4.74 Å². The fourth-order valence-corrected chi connectivity index (χ4v) is 2.53. The lowest BCUT2D eigenvalue weighted by atomic mass is 10.1. The van der Waals surface area contributed by atoms with Gasteiger partial charge in [-0.3, -0.25) is 4.90 Å². The van der Waals surface area contributed by atoms with Gasteiger partial charge in [-0.15, -0.1) is 0 Å². The molecule has 1 heterocycles. The zero-order valence-corrected chi connectivity index (χ0v) is 11.9. The number of nitrogens with zero attached hydrogens (tertiary/aromatic N) is 1. The summed E-state index contributed by atoms with van der Waals surface area (Å²) in [6.45, 7) is 7.21. The van der Waals surface area contributed by atoms with E-state index in [1.807, 2.05) is 6.07 Å². The molecule has 19 heavy (non-hydrogen) atoms. The number of hydrogen-bond acceptors (Lipinski definition) is 3. The minimum Gasteiger partial charge on any atom is -0.494 e. The van der Waals surface area contributed by atoms with Gasteiger partial charge in [-0.05, 0) is 31.0 Å². The van der Waals surface area contributed by atoms with Crippen LogP contribution in [0.3, 0.4) is 0 Å². The average Bonchev–Trinajstić information content (AvgIpc) is 2.41. The van der Waals surface area contributed by atoms with Crippen LogP contribution in [0, 0.1) is 5.82 Å². The van der Waals surface area contributed by atoms with Gasteiger partial charge >= 0.3 is 0 Å². The van der Waals surface area contributed by atoms with Crippen LogP contribution in [0.2, 0.25) is 0 Å². The SMILES string of the molecule is CCC1CN(Cc2ccc(OC)c(F)c2)C(C)CN1. The van der Waals surface area contributed by atoms with Crippen molar-refractivity contribution in [3.63, 3.8) is 0 Å². The van der Waals surface area contributed by atoms with E-state index in [1.165, 1.54) is 7.11 Å². The minimum atomic E-state index is -0.283. The Hall–Kier alpha value is -1.13. The molecule has 1 aromatic rings. The molecule has 1 aliphatic heterocycles. The number of methoxy groups -OCH3 is 1. The molecular formula is C15H23FN2O. The molecule has 1 saturated heterocycles. The van der Waals surface area contributed by atoms with Gasteiger partial charge in [0.05, 0.1) is 7.11 Å². The Kier molecular flexibility index (Phi) is 4.77. The largest absolute Gasteiger partial charge is 0.494 e. The first-order valence-electron chi connectivity index (χ1n) is 6.94. The van der Waals surface area contributed by atoms with Gasteiger partial charge in [-0.25, -0.2) is 4.39 Å². The second-order valence-corrected chi connectivity index (χ2v) is 5.26. The molecule has 1 N–H and O–H groups in total. The van der Waals surface area contributed by atoms with Gasteiger partial charge in [-0.1, -0.05) is 13.0 Å². The fraction of sp³-hybridized carbons (Fsp3) is 0.600. The molecule has 0 saturated carbocycles. The average molecular weight is 266 g/mol. The summed E-state index contributed by atoms with van der Waals surface area (Å²) in [7, 11) is 1.49. The van der Waals surface area contributed by atoms with Gasteiger partial charge in [0.15, 0.2) is 11.6 Å². The number of ether oxygens (including phenoxy) is 1. The number of hydrogen-bond donors (Lipinski definition) is 1. The maximum Gasteiger partial charge on any atom is 0.165 e. The van der Waals surface area contributed by atoms with E-state index in [2.05, 4.69) is 24.1 Å². The van der Waals surface area contributed by atoms with Gasteiger partial charge in [0.25, 0.3) is 0 Å². The summed E-state index contributed by atoms with van der Waals surface area (Å²) in [4.78, 5) is 2.41. The summed E-state index contributed by atoms with van der Waals surface area (Å²) in [6.07, 6.45) is 1.13. The molecular weight excluding hydrogens is 243 g/mol. The van der Waals surface area contributed by atoms with E-state index < -0.39 is 0 Å². The normalized spacial score (nSPS) is 24.4. The van der Waals surface area contributed by atoms with Gasteiger partial charge in [0.1, 0.15) is 0 Å². The van der Waals surface area contributed by atoms with Gasteiger partial charge in [-0.2, -0.15) is 0 Å². The van der Waals surface area contributed by atoms with Crippen molar-refractivity contribution in [3.05, 3.63) is 29.6 Å². The maximum atomic E-state index is 13.7. The summed E-state index contributed by atoms with van der Waals surface area (Å²) in [5, 5.41) is 3.53. The summed E-state index contributed by atoms with van der Waals surface area (Å²) < 4.78 is 18.6. The number of rotatable bonds is 4. The fourth-order valence-electron chi connectivity index (χ4n) is 2.53. The number of halogens is 1. The van der Waals surface area contributed by atoms with Crippen LogP contribution >= 0.6 is 0 Å². The zero-order chi connectivity index (χ0) is 13.8. The van der Waals surface area contributed by atoms with Crippen LogP contribution in [0.25, 0.3) is 0 Å². The second-order valence-electron chi connectivity index (χ2n) is 5.26. The minimum absolute atomic E-state index is 0.283. The second kappa shape index (κ2) is 6.35. The van der Waals surface area contributed by atoms with Crippen molar-refractivity contribution in [2.75, 3.05) is 20.2 Å². The Morgan fingerprint density at radius 3 is 2.89 bits per heavy atom. The Morgan fingerprint density at radius 2 is 2.26 bits per heavy atom. The van der Waals surface area contributed by atoms with Crippen molar-refractivity contribution >= 4 is 0 Å². The molecule has 3 nitrogen and oxygen atoms in total. The molecule has 2 atom stereocenters. The van der Waals surface area contributed by atoms with E-state index in [9.17, 15) is 4.39 Å². The molecule has 0 spiro atoms. The van der Waals surface area contributed by atoms with Crippen LogP contribution in [-0.4, -0.2) is 37.2 Å². The molecule has 2 unspecified atom stereocenters. The van der Waals surface area contributed by atoms with E-state index in [-0.39, 0.29) is 5.82 Å². The molecule has 4 heteroatoms. The van der Waals surface area contributed by atoms with E-state index in [0.29, 0.717) is 17.8 Å². The lowest BCUT2D eigenvalue weighted by molar-refractivity contribution is 0.131. The first-order valence-corrected chi connectivity index (χ1v) is 6.94. The summed E-state index contributed by atoms with van der Waals surface area (Å²) in [6, 6.07) is 6.24. The molecule has 106 valence electrons. The van der Waals surface area contributed by atoms with Crippen molar-refractivity contribution in [3.8, 4) is 5.75 Å². The third-order valence-corrected chi connectivity index (χ3v) is 3.87. The molecule has 2 rings (SSSR count). The lowest BCUT2D eigenvalue weighted by Gasteiger charge is -2.38. The van der Waals surface area contributed by atoms with Crippen molar-refractivity contribution in [1.29, 1.82) is 0 Å². The van der Waals surface area contributed by atoms with Crippen LogP contribution < -0.4 is 10.1 Å². The van der Waals surface area contributed by atoms with Crippen LogP contribution in [0.5, 0.6) is 5.75 Å². The van der Waals surface area contributed by atoms with E-state index in [1.54, 1.807) is 12.1 Å². The monoisotopic (exact) mass is 266 g/mol. The van der Waals surface area contributed by atoms with Crippen LogP contribution in [0.4, 0.5) is 4.39 Å². The third kappa shape index (κ3) is 3.45. The highest BCUT2D eigenvalue weighted by molar-refractivity contribution is 5.29. The summed E-state index contributed by atoms with van der Waals surface area (Å²) in [5.74, 6) is 0.0263. The van der Waals surface area contributed by atoms with Crippen LogP contribution in [-0.2, 0) is 6.54 Å². The smallest absolute Gasteiger partial charge is 0.165 e. The zero-order valence-electron chi connectivity index (χ0n) is 11.9. The van der Waals surface area contributed by atoms with Gasteiger partial charge in [0, 0.05) is 31.7 Å². The highest BCUT2D eigenvalue weighted by Gasteiger charge is 2.23. The number of benzene rings is 1. The standard InChI is InChI=1S/C15H23FN2O/c1-4-13-10-18(11(2)8-17-13)9-12-5-6-15(19-3)14(16)7-12/h5-7,11,13,17H,4,8-10H2,1-3H3. The highest BCUT2D eigenvalue weighted by Crippen LogP contribution is 2.20. The summed E-state index contributed by atoms with van der Waals surface area (Å²) >= 11 is 0. The summed E-state index contributed by atoms with van der Waals surface area (Å²) in [5.41, 5.74) is 1.00. The van der Waals surface area contributed by atoms with Crippen LogP contribution in [0.1, 0.15) is 25.8 Å². The molecule has 0 amide bonds. The molecule has 0 bridgehead atoms. The van der Waals surface area contributed by atoms with Crippen molar-refractivity contribution in [2.45, 2.75) is 38.9 Å². The molecule has 1 aromatic carbocycles. The van der Waals surface area contributed by atoms with Crippen LogP contribution in [0.15, 0.2) is 18.2 Å². The molecule has 0 aromatic heterocycles. The number of piperazine rings is 1. The van der Waals surface area contributed by atoms with Crippen molar-refractivity contribution in [2.24, 2.45) is 0 Å². The molecule has 1 aliphatic rings. The van der Waals surface area contributed by atoms with Crippen molar-refractivity contribution < 1.29 is 9.13 Å². The topological polar surface area (TPSA) is 24.5 Å². The Morgan fingerprint density at radius 1 is 1.47 bits per heavy atom. The molecule has 0 aliphatic carbocycles. The first-order chi connectivity index (χ1) is 9.13. The Balaban J connectivity index is 2.05. The van der Waals surface area contributed by atoms with E-state index in [0.717, 1.165) is 31.6 Å². The maximum absolute atomic E-state index is 13.7. The van der Waals surface area contributed by atoms with E-state index >= 15 is 0 Å². The predicted octanol–water partition coefficient (Wildman–Crippen LogP) is 2.41. The quantitative estimate of drug-likeness (QED) is 0.905. The molecule has 0 radical (unpaired) electrons. The highest BCUT2D eigenvalue weighted by atomic mass is 19.1. The van der Waals surface area contributed by atoms with Crippen molar-refractivity contribution in [1.82, 2.24) is 10.2 Å². The third-order valence-electron chi connectivity index (χ3n) is 3.87. The molecule has 1 fully saturated rings. The van der Waals surface area contributed by atoms with Gasteiger partial charge in [0.2, 0.25) is 0 Å². The van der Waals surface area contributed by atoms with Gasteiger partial charge < -0.3 is 10.1 Å². The lowest BCUT2D eigenvalue weighted by Crippen LogP contribution is -2.54. The number of nitrogens with one attached hydrogen (secondary N) is 1. The Bertz CT molecular complexity index is 425. The Labute approximate surface area is 114 Å². The predicted molar refractivity (Wildman–Crippen MR) is 74.9 cm³/mol. The first kappa shape index (κ1) is 14.3.